The van der Waals surface area contributed by atoms with E-state index in [-0.39, 0.29) is 0 Å². The second kappa shape index (κ2) is 3.16. The van der Waals surface area contributed by atoms with Crippen molar-refractivity contribution in [3.05, 3.63) is 42.5 Å². The van der Waals surface area contributed by atoms with Gasteiger partial charge >= 0.3 is 0 Å². The second-order valence-electron chi connectivity index (χ2n) is 4.41. The number of nitrogens with zero attached hydrogens (tertiary/aromatic N) is 1. The van der Waals surface area contributed by atoms with Gasteiger partial charge in [0.05, 0.1) is 5.54 Å². The smallest absolute Gasteiger partial charge is 0.0584 e. The van der Waals surface area contributed by atoms with Crippen molar-refractivity contribution in [3.63, 3.8) is 0 Å². The number of aryl methyl sites for hydroxylation is 1. The minimum atomic E-state index is 0.330. The highest BCUT2D eigenvalue weighted by Crippen LogP contribution is 2.40. The molecule has 1 heteroatoms. The fourth-order valence-electron chi connectivity index (χ4n) is 1.92. The molecule has 0 saturated carbocycles. The third-order valence-corrected chi connectivity index (χ3v) is 2.98. The molecule has 74 valence electrons. The second-order valence-corrected chi connectivity index (χ2v) is 4.41. The van der Waals surface area contributed by atoms with Gasteiger partial charge in [-0.25, -0.2) is 0 Å². The van der Waals surface area contributed by atoms with Gasteiger partial charge in [-0.2, -0.15) is 0 Å². The number of hydrogen-bond acceptors (Lipinski definition) is 1. The van der Waals surface area contributed by atoms with Crippen LogP contribution in [0.1, 0.15) is 18.9 Å². The third kappa shape index (κ3) is 1.54. The summed E-state index contributed by atoms with van der Waals surface area (Å²) in [6.07, 6.45) is 3.08. The summed E-state index contributed by atoms with van der Waals surface area (Å²) in [6, 6.07) is 8.73. The van der Waals surface area contributed by atoms with Crippen molar-refractivity contribution < 1.29 is 0 Å². The first-order chi connectivity index (χ1) is 6.65. The van der Waals surface area contributed by atoms with E-state index in [0.717, 1.165) is 13.0 Å². The Kier molecular flexibility index (Phi) is 2.10. The van der Waals surface area contributed by atoms with Crippen LogP contribution in [0.2, 0.25) is 0 Å². The molecule has 1 atom stereocenters. The van der Waals surface area contributed by atoms with Crippen molar-refractivity contribution in [1.29, 1.82) is 0 Å². The lowest BCUT2D eigenvalue weighted by atomic mass is 10.1. The van der Waals surface area contributed by atoms with Gasteiger partial charge in [0, 0.05) is 12.2 Å². The summed E-state index contributed by atoms with van der Waals surface area (Å²) in [5.41, 5.74) is 2.98. The minimum Gasteiger partial charge on any atom is -0.362 e. The molecule has 1 aliphatic heterocycles. The van der Waals surface area contributed by atoms with E-state index in [0.29, 0.717) is 5.54 Å². The van der Waals surface area contributed by atoms with E-state index in [1.165, 1.54) is 11.3 Å². The summed E-state index contributed by atoms with van der Waals surface area (Å²) in [5.74, 6) is 0. The molecule has 1 nitrogen and oxygen atoms in total. The summed E-state index contributed by atoms with van der Waals surface area (Å²) in [5, 5.41) is 0. The summed E-state index contributed by atoms with van der Waals surface area (Å²) < 4.78 is 0. The Balaban J connectivity index is 2.12. The number of hydrogen-bond donors (Lipinski definition) is 0. The normalized spacial score (nSPS) is 24.9. The van der Waals surface area contributed by atoms with Crippen LogP contribution in [-0.4, -0.2) is 12.1 Å². The van der Waals surface area contributed by atoms with Crippen LogP contribution >= 0.6 is 0 Å². The average molecular weight is 187 g/mol. The monoisotopic (exact) mass is 187 g/mol. The molecule has 0 radical (unpaired) electrons. The molecule has 1 aliphatic rings. The maximum absolute atomic E-state index is 3.80. The number of rotatable bonds is 3. The molecule has 1 unspecified atom stereocenters. The average Bonchev–Trinajstić information content (AvgIpc) is 2.80. The van der Waals surface area contributed by atoms with Crippen molar-refractivity contribution >= 4 is 5.69 Å². The number of benzene rings is 1. The maximum Gasteiger partial charge on any atom is 0.0584 e. The van der Waals surface area contributed by atoms with Gasteiger partial charge in [0.2, 0.25) is 0 Å². The van der Waals surface area contributed by atoms with E-state index < -0.39 is 0 Å². The van der Waals surface area contributed by atoms with Crippen LogP contribution in [0, 0.1) is 6.92 Å². The molecule has 0 aliphatic carbocycles. The molecule has 0 N–H and O–H groups in total. The molecule has 0 bridgehead atoms. The lowest BCUT2D eigenvalue weighted by molar-refractivity contribution is 0.738. The lowest BCUT2D eigenvalue weighted by Crippen LogP contribution is -2.11. The topological polar surface area (TPSA) is 3.01 Å². The zero-order valence-electron chi connectivity index (χ0n) is 8.96. The molecular weight excluding hydrogens is 170 g/mol. The van der Waals surface area contributed by atoms with E-state index in [1.54, 1.807) is 0 Å². The Morgan fingerprint density at radius 1 is 1.43 bits per heavy atom. The molecule has 2 rings (SSSR count). The zero-order chi connectivity index (χ0) is 10.2. The molecule has 1 aromatic carbocycles. The van der Waals surface area contributed by atoms with Crippen LogP contribution in [-0.2, 0) is 0 Å². The molecule has 0 spiro atoms. The predicted molar refractivity (Wildman–Crippen MR) is 61.7 cm³/mol. The van der Waals surface area contributed by atoms with Crippen molar-refractivity contribution in [2.45, 2.75) is 25.8 Å². The van der Waals surface area contributed by atoms with Gasteiger partial charge in [-0.1, -0.05) is 23.8 Å². The third-order valence-electron chi connectivity index (χ3n) is 2.98. The molecule has 14 heavy (non-hydrogen) atoms. The Morgan fingerprint density at radius 3 is 2.64 bits per heavy atom. The van der Waals surface area contributed by atoms with Gasteiger partial charge in [-0.05, 0) is 32.4 Å². The molecule has 1 heterocycles. The molecule has 1 saturated heterocycles. The molecule has 1 fully saturated rings. The van der Waals surface area contributed by atoms with Crippen LogP contribution in [0.15, 0.2) is 36.9 Å². The van der Waals surface area contributed by atoms with E-state index in [1.807, 2.05) is 6.08 Å². The first-order valence-electron chi connectivity index (χ1n) is 5.11. The summed E-state index contributed by atoms with van der Waals surface area (Å²) in [4.78, 5) is 2.42. The van der Waals surface area contributed by atoms with Gasteiger partial charge in [-0.3, -0.25) is 0 Å². The zero-order valence-corrected chi connectivity index (χ0v) is 8.96. The predicted octanol–water partition coefficient (Wildman–Crippen LogP) is 3.15. The number of anilines is 1. The Hall–Kier alpha value is -1.24. The van der Waals surface area contributed by atoms with Crippen LogP contribution in [0.25, 0.3) is 0 Å². The fraction of sp³-hybridized carbons (Fsp3) is 0.385. The van der Waals surface area contributed by atoms with Crippen LogP contribution in [0.3, 0.4) is 0 Å². The maximum atomic E-state index is 3.80. The van der Waals surface area contributed by atoms with Gasteiger partial charge in [-0.15, -0.1) is 6.58 Å². The summed E-state index contributed by atoms with van der Waals surface area (Å²) in [7, 11) is 0. The summed E-state index contributed by atoms with van der Waals surface area (Å²) in [6.45, 7) is 9.36. The SMILES string of the molecule is C=CCC1(C)CN1c1ccc(C)cc1. The van der Waals surface area contributed by atoms with Crippen LogP contribution in [0.4, 0.5) is 5.69 Å². The van der Waals surface area contributed by atoms with Crippen molar-refractivity contribution in [2.24, 2.45) is 0 Å². The molecule has 1 aromatic rings. The Labute approximate surface area is 86.1 Å². The highest BCUT2D eigenvalue weighted by atomic mass is 15.4. The highest BCUT2D eigenvalue weighted by molar-refractivity contribution is 5.57. The fourth-order valence-corrected chi connectivity index (χ4v) is 1.92. The molecule has 0 aromatic heterocycles. The minimum absolute atomic E-state index is 0.330. The van der Waals surface area contributed by atoms with Gasteiger partial charge < -0.3 is 4.90 Å². The molecular formula is C13H17N. The summed E-state index contributed by atoms with van der Waals surface area (Å²) >= 11 is 0. The van der Waals surface area contributed by atoms with Crippen LogP contribution in [0.5, 0.6) is 0 Å². The molecule has 0 amide bonds. The first kappa shape index (κ1) is 9.32. The van der Waals surface area contributed by atoms with E-state index in [4.69, 9.17) is 0 Å². The van der Waals surface area contributed by atoms with E-state index >= 15 is 0 Å². The Bertz CT molecular complexity index is 339. The van der Waals surface area contributed by atoms with E-state index in [2.05, 4.69) is 49.6 Å². The van der Waals surface area contributed by atoms with Crippen molar-refractivity contribution in [3.8, 4) is 0 Å². The van der Waals surface area contributed by atoms with Gasteiger partial charge in [0.1, 0.15) is 0 Å². The van der Waals surface area contributed by atoms with Crippen molar-refractivity contribution in [2.75, 3.05) is 11.4 Å². The van der Waals surface area contributed by atoms with Crippen LogP contribution < -0.4 is 4.90 Å². The lowest BCUT2D eigenvalue weighted by Gasteiger charge is -2.11. The quantitative estimate of drug-likeness (QED) is 0.519. The van der Waals surface area contributed by atoms with Crippen molar-refractivity contribution in [1.82, 2.24) is 0 Å². The Morgan fingerprint density at radius 2 is 2.07 bits per heavy atom. The van der Waals surface area contributed by atoms with Gasteiger partial charge in [0.25, 0.3) is 0 Å². The first-order valence-corrected chi connectivity index (χ1v) is 5.11. The van der Waals surface area contributed by atoms with E-state index in [9.17, 15) is 0 Å². The van der Waals surface area contributed by atoms with Gasteiger partial charge in [0.15, 0.2) is 0 Å². The standard InChI is InChI=1S/C13H17N/c1-4-9-13(3)10-14(13)12-7-5-11(2)6-8-12/h4-8H,1,9-10H2,2-3H3. The highest BCUT2D eigenvalue weighted by Gasteiger charge is 2.46. The largest absolute Gasteiger partial charge is 0.362 e.